The van der Waals surface area contributed by atoms with Gasteiger partial charge in [-0.15, -0.1) is 0 Å². The van der Waals surface area contributed by atoms with Crippen molar-refractivity contribution in [2.75, 3.05) is 19.6 Å². The van der Waals surface area contributed by atoms with Crippen LogP contribution < -0.4 is 5.32 Å². The van der Waals surface area contributed by atoms with Crippen LogP contribution in [-0.4, -0.2) is 51.4 Å². The molecule has 2 rings (SSSR count). The van der Waals surface area contributed by atoms with E-state index in [0.717, 1.165) is 6.54 Å². The number of carbonyl (C=O) groups excluding carboxylic acids is 1. The number of piperidine rings is 1. The van der Waals surface area contributed by atoms with Gasteiger partial charge in [-0.05, 0) is 24.3 Å². The second-order valence-electron chi connectivity index (χ2n) is 6.30. The molecule has 1 aliphatic heterocycles. The average Bonchev–Trinajstić information content (AvgIpc) is 2.96. The van der Waals surface area contributed by atoms with E-state index < -0.39 is 11.9 Å². The zero-order valence-electron chi connectivity index (χ0n) is 13.1. The first-order valence-electron chi connectivity index (χ1n) is 7.68. The van der Waals surface area contributed by atoms with Crippen molar-refractivity contribution in [3.8, 4) is 0 Å². The number of rotatable bonds is 5. The van der Waals surface area contributed by atoms with Gasteiger partial charge < -0.3 is 15.3 Å². The van der Waals surface area contributed by atoms with Gasteiger partial charge in [0.25, 0.3) is 0 Å². The normalized spacial score (nSPS) is 23.1. The van der Waals surface area contributed by atoms with Crippen LogP contribution in [0.15, 0.2) is 18.5 Å². The van der Waals surface area contributed by atoms with Crippen LogP contribution in [0.25, 0.3) is 0 Å². The number of likely N-dealkylation sites (tertiary alicyclic amines) is 1. The Morgan fingerprint density at radius 1 is 1.45 bits per heavy atom. The smallest absolute Gasteiger partial charge is 0.317 e. The van der Waals surface area contributed by atoms with Crippen molar-refractivity contribution in [1.82, 2.24) is 20.0 Å². The van der Waals surface area contributed by atoms with Crippen LogP contribution in [0.2, 0.25) is 0 Å². The summed E-state index contributed by atoms with van der Waals surface area (Å²) < 4.78 is 1.83. The monoisotopic (exact) mass is 308 g/mol. The van der Waals surface area contributed by atoms with Gasteiger partial charge in [0.1, 0.15) is 0 Å². The van der Waals surface area contributed by atoms with Gasteiger partial charge in [-0.2, -0.15) is 5.10 Å². The fraction of sp³-hybridized carbons (Fsp3) is 0.667. The van der Waals surface area contributed by atoms with E-state index in [4.69, 9.17) is 5.11 Å². The van der Waals surface area contributed by atoms with Crippen LogP contribution in [0, 0.1) is 17.8 Å². The molecule has 2 heterocycles. The lowest BCUT2D eigenvalue weighted by atomic mass is 9.91. The predicted molar refractivity (Wildman–Crippen MR) is 81.3 cm³/mol. The summed E-state index contributed by atoms with van der Waals surface area (Å²) in [4.78, 5) is 25.0. The predicted octanol–water partition coefficient (Wildman–Crippen LogP) is 1.27. The number of nitrogens with zero attached hydrogens (tertiary/aromatic N) is 3. The molecule has 0 aliphatic carbocycles. The van der Waals surface area contributed by atoms with E-state index in [2.05, 4.69) is 10.4 Å². The summed E-state index contributed by atoms with van der Waals surface area (Å²) in [5, 5.41) is 16.2. The van der Waals surface area contributed by atoms with Crippen molar-refractivity contribution in [1.29, 1.82) is 0 Å². The number of hydrogen-bond acceptors (Lipinski definition) is 3. The average molecular weight is 308 g/mol. The lowest BCUT2D eigenvalue weighted by Gasteiger charge is -2.34. The molecule has 0 saturated carbocycles. The second-order valence-corrected chi connectivity index (χ2v) is 6.30. The van der Waals surface area contributed by atoms with Crippen molar-refractivity contribution in [2.24, 2.45) is 17.8 Å². The Kier molecular flexibility index (Phi) is 5.41. The highest BCUT2D eigenvalue weighted by Crippen LogP contribution is 2.21. The summed E-state index contributed by atoms with van der Waals surface area (Å²) in [6, 6.07) is 1.69. The number of amides is 2. The Balaban J connectivity index is 1.79. The van der Waals surface area contributed by atoms with Gasteiger partial charge in [-0.25, -0.2) is 4.79 Å². The van der Waals surface area contributed by atoms with E-state index in [-0.39, 0.29) is 17.9 Å². The number of hydrogen-bond donors (Lipinski definition) is 2. The van der Waals surface area contributed by atoms with Crippen LogP contribution in [0.1, 0.15) is 20.3 Å². The van der Waals surface area contributed by atoms with Gasteiger partial charge in [-0.1, -0.05) is 13.8 Å². The highest BCUT2D eigenvalue weighted by atomic mass is 16.4. The number of carboxylic acids is 1. The SMILES string of the molecule is CC1CC(C(=O)O)CN(C(=O)NCC(C)Cn2cccn2)C1. The summed E-state index contributed by atoms with van der Waals surface area (Å²) in [5.74, 6) is -0.823. The number of aliphatic carboxylic acids is 1. The summed E-state index contributed by atoms with van der Waals surface area (Å²) in [7, 11) is 0. The standard InChI is InChI=1S/C15H24N4O3/c1-11-6-13(14(20)21)10-18(8-11)15(22)16-7-12(2)9-19-5-3-4-17-19/h3-5,11-13H,6-10H2,1-2H3,(H,16,22)(H,20,21). The van der Waals surface area contributed by atoms with Crippen LogP contribution in [0.3, 0.4) is 0 Å². The third-order valence-electron chi connectivity index (χ3n) is 3.96. The van der Waals surface area contributed by atoms with Crippen molar-refractivity contribution < 1.29 is 14.7 Å². The molecule has 1 aromatic heterocycles. The van der Waals surface area contributed by atoms with Crippen molar-refractivity contribution in [3.05, 3.63) is 18.5 Å². The van der Waals surface area contributed by atoms with Gasteiger partial charge in [0.15, 0.2) is 0 Å². The minimum Gasteiger partial charge on any atom is -0.481 e. The molecule has 0 bridgehead atoms. The number of carboxylic acid groups (broad SMARTS) is 1. The first-order valence-corrected chi connectivity index (χ1v) is 7.68. The molecular formula is C15H24N4O3. The maximum Gasteiger partial charge on any atom is 0.317 e. The highest BCUT2D eigenvalue weighted by Gasteiger charge is 2.31. The van der Waals surface area contributed by atoms with Crippen LogP contribution in [0.4, 0.5) is 4.79 Å². The van der Waals surface area contributed by atoms with E-state index >= 15 is 0 Å². The molecule has 7 nitrogen and oxygen atoms in total. The molecule has 2 N–H and O–H groups in total. The first kappa shape index (κ1) is 16.3. The third kappa shape index (κ3) is 4.47. The Morgan fingerprint density at radius 3 is 2.86 bits per heavy atom. The van der Waals surface area contributed by atoms with Crippen LogP contribution in [0.5, 0.6) is 0 Å². The quantitative estimate of drug-likeness (QED) is 0.857. The van der Waals surface area contributed by atoms with E-state index in [0.29, 0.717) is 26.1 Å². The number of urea groups is 1. The van der Waals surface area contributed by atoms with E-state index in [1.165, 1.54) is 0 Å². The summed E-state index contributed by atoms with van der Waals surface area (Å²) >= 11 is 0. The topological polar surface area (TPSA) is 87.5 Å². The summed E-state index contributed by atoms with van der Waals surface area (Å²) in [5.41, 5.74) is 0. The maximum atomic E-state index is 12.2. The molecule has 22 heavy (non-hydrogen) atoms. The molecule has 3 unspecified atom stereocenters. The molecule has 1 aromatic rings. The highest BCUT2D eigenvalue weighted by molar-refractivity contribution is 5.76. The van der Waals surface area contributed by atoms with E-state index in [1.807, 2.05) is 30.8 Å². The Morgan fingerprint density at radius 2 is 2.23 bits per heavy atom. The summed E-state index contributed by atoms with van der Waals surface area (Å²) in [6.45, 7) is 6.21. The molecule has 7 heteroatoms. The maximum absolute atomic E-state index is 12.2. The zero-order chi connectivity index (χ0) is 16.1. The zero-order valence-corrected chi connectivity index (χ0v) is 13.1. The molecule has 3 atom stereocenters. The minimum atomic E-state index is -0.823. The van der Waals surface area contributed by atoms with E-state index in [1.54, 1.807) is 11.1 Å². The summed E-state index contributed by atoms with van der Waals surface area (Å²) in [6.07, 6.45) is 4.25. The van der Waals surface area contributed by atoms with Gasteiger partial charge in [0.2, 0.25) is 0 Å². The van der Waals surface area contributed by atoms with Crippen LogP contribution >= 0.6 is 0 Å². The fourth-order valence-corrected chi connectivity index (χ4v) is 2.86. The third-order valence-corrected chi connectivity index (χ3v) is 3.96. The number of carbonyl (C=O) groups is 2. The Labute approximate surface area is 130 Å². The largest absolute Gasteiger partial charge is 0.481 e. The fourth-order valence-electron chi connectivity index (χ4n) is 2.86. The van der Waals surface area contributed by atoms with Gasteiger partial charge >= 0.3 is 12.0 Å². The lowest BCUT2D eigenvalue weighted by Crippen LogP contribution is -2.50. The van der Waals surface area contributed by atoms with Crippen molar-refractivity contribution in [3.63, 3.8) is 0 Å². The van der Waals surface area contributed by atoms with Gasteiger partial charge in [0.05, 0.1) is 5.92 Å². The lowest BCUT2D eigenvalue weighted by molar-refractivity contribution is -0.143. The molecule has 1 fully saturated rings. The molecule has 0 aromatic carbocycles. The molecule has 0 radical (unpaired) electrons. The van der Waals surface area contributed by atoms with Crippen LogP contribution in [-0.2, 0) is 11.3 Å². The van der Waals surface area contributed by atoms with Gasteiger partial charge in [0, 0.05) is 38.6 Å². The van der Waals surface area contributed by atoms with Crippen molar-refractivity contribution >= 4 is 12.0 Å². The number of aromatic nitrogens is 2. The molecule has 1 saturated heterocycles. The molecule has 122 valence electrons. The van der Waals surface area contributed by atoms with Gasteiger partial charge in [-0.3, -0.25) is 9.48 Å². The molecule has 1 aliphatic rings. The molecule has 0 spiro atoms. The van der Waals surface area contributed by atoms with Crippen molar-refractivity contribution in [2.45, 2.75) is 26.8 Å². The minimum absolute atomic E-state index is 0.176. The Bertz CT molecular complexity index is 503. The molecule has 2 amide bonds. The molecular weight excluding hydrogens is 284 g/mol. The second kappa shape index (κ2) is 7.29. The number of nitrogens with one attached hydrogen (secondary N) is 1. The van der Waals surface area contributed by atoms with E-state index in [9.17, 15) is 9.59 Å². The first-order chi connectivity index (χ1) is 10.5. The Hall–Kier alpha value is -2.05.